The number of carbonyl (C=O) groups is 1. The van der Waals surface area contributed by atoms with Crippen LogP contribution in [0.5, 0.6) is 0 Å². The second-order valence-corrected chi connectivity index (χ2v) is 4.46. The van der Waals surface area contributed by atoms with Gasteiger partial charge in [0, 0.05) is 6.61 Å². The van der Waals surface area contributed by atoms with E-state index in [4.69, 9.17) is 4.74 Å². The van der Waals surface area contributed by atoms with E-state index in [9.17, 15) is 13.6 Å². The van der Waals surface area contributed by atoms with Crippen LogP contribution in [0, 0.1) is 11.6 Å². The fourth-order valence-corrected chi connectivity index (χ4v) is 2.17. The van der Waals surface area contributed by atoms with Crippen molar-refractivity contribution in [2.45, 2.75) is 18.6 Å². The van der Waals surface area contributed by atoms with E-state index in [2.05, 4.69) is 10.6 Å². The molecule has 0 aliphatic carbocycles. The fourth-order valence-electron chi connectivity index (χ4n) is 2.17. The van der Waals surface area contributed by atoms with Crippen molar-refractivity contribution in [3.8, 4) is 0 Å². The predicted octanol–water partition coefficient (Wildman–Crippen LogP) is 1.55. The highest BCUT2D eigenvalue weighted by Crippen LogP contribution is 2.29. The average Bonchev–Trinajstić information content (AvgIpc) is 2.81. The zero-order valence-corrected chi connectivity index (χ0v) is 11.8. The van der Waals surface area contributed by atoms with Crippen LogP contribution >= 0.6 is 12.4 Å². The molecule has 0 spiro atoms. The van der Waals surface area contributed by atoms with Crippen molar-refractivity contribution in [1.29, 1.82) is 0 Å². The monoisotopic (exact) mass is 306 g/mol. The maximum atomic E-state index is 13.2. The SMILES string of the molecule is CNCC(=O)NC1CCOC1c1ccc(F)c(F)c1.Cl. The quantitative estimate of drug-likeness (QED) is 0.887. The highest BCUT2D eigenvalue weighted by atomic mass is 35.5. The van der Waals surface area contributed by atoms with Crippen molar-refractivity contribution in [2.24, 2.45) is 0 Å². The summed E-state index contributed by atoms with van der Waals surface area (Å²) in [6, 6.07) is 3.44. The highest BCUT2D eigenvalue weighted by Gasteiger charge is 2.31. The molecule has 2 rings (SSSR count). The molecule has 1 aromatic carbocycles. The maximum Gasteiger partial charge on any atom is 0.234 e. The number of rotatable bonds is 4. The van der Waals surface area contributed by atoms with Gasteiger partial charge in [-0.1, -0.05) is 6.07 Å². The second kappa shape index (κ2) is 7.52. The zero-order valence-electron chi connectivity index (χ0n) is 11.0. The fraction of sp³-hybridized carbons (Fsp3) is 0.462. The van der Waals surface area contributed by atoms with Crippen molar-refractivity contribution < 1.29 is 18.3 Å². The molecule has 1 aromatic rings. The molecule has 0 bridgehead atoms. The van der Waals surface area contributed by atoms with Gasteiger partial charge in [0.1, 0.15) is 6.10 Å². The summed E-state index contributed by atoms with van der Waals surface area (Å²) in [5.74, 6) is -1.95. The number of ether oxygens (including phenoxy) is 1. The number of likely N-dealkylation sites (N-methyl/N-ethyl adjacent to an activating group) is 1. The van der Waals surface area contributed by atoms with Crippen LogP contribution in [0.1, 0.15) is 18.1 Å². The van der Waals surface area contributed by atoms with Crippen LogP contribution in [0.2, 0.25) is 0 Å². The minimum Gasteiger partial charge on any atom is -0.371 e. The topological polar surface area (TPSA) is 50.4 Å². The van der Waals surface area contributed by atoms with E-state index < -0.39 is 17.7 Å². The molecular formula is C13H17ClF2N2O2. The van der Waals surface area contributed by atoms with Crippen LogP contribution in [0.4, 0.5) is 8.78 Å². The first-order valence-corrected chi connectivity index (χ1v) is 6.12. The van der Waals surface area contributed by atoms with E-state index in [0.29, 0.717) is 18.6 Å². The van der Waals surface area contributed by atoms with Crippen molar-refractivity contribution >= 4 is 18.3 Å². The molecule has 1 saturated heterocycles. The van der Waals surface area contributed by atoms with Crippen molar-refractivity contribution in [3.63, 3.8) is 0 Å². The van der Waals surface area contributed by atoms with Crippen molar-refractivity contribution in [1.82, 2.24) is 10.6 Å². The number of amides is 1. The standard InChI is InChI=1S/C13H16F2N2O2.ClH/c1-16-7-12(18)17-11-4-5-19-13(11)8-2-3-9(14)10(15)6-8;/h2-3,6,11,13,16H,4-5,7H2,1H3,(H,17,18);1H. The molecule has 1 fully saturated rings. The number of hydrogen-bond donors (Lipinski definition) is 2. The largest absolute Gasteiger partial charge is 0.371 e. The molecule has 112 valence electrons. The van der Waals surface area contributed by atoms with Crippen LogP contribution in [-0.2, 0) is 9.53 Å². The second-order valence-electron chi connectivity index (χ2n) is 4.46. The normalized spacial score (nSPS) is 21.4. The highest BCUT2D eigenvalue weighted by molar-refractivity contribution is 5.85. The van der Waals surface area contributed by atoms with E-state index in [1.807, 2.05) is 0 Å². The number of hydrogen-bond acceptors (Lipinski definition) is 3. The van der Waals surface area contributed by atoms with Crippen LogP contribution in [-0.4, -0.2) is 32.1 Å². The van der Waals surface area contributed by atoms with Crippen LogP contribution in [0.25, 0.3) is 0 Å². The Balaban J connectivity index is 0.00000200. The molecule has 7 heteroatoms. The van der Waals surface area contributed by atoms with Gasteiger partial charge in [-0.3, -0.25) is 4.79 Å². The Labute approximate surface area is 122 Å². The first-order chi connectivity index (χ1) is 9.11. The molecule has 1 aliphatic rings. The number of halogens is 3. The Morgan fingerprint density at radius 2 is 2.15 bits per heavy atom. The van der Waals surface area contributed by atoms with E-state index >= 15 is 0 Å². The Kier molecular flexibility index (Phi) is 6.32. The molecule has 4 nitrogen and oxygen atoms in total. The lowest BCUT2D eigenvalue weighted by Crippen LogP contribution is -2.41. The third-order valence-electron chi connectivity index (χ3n) is 3.05. The van der Waals surface area contributed by atoms with Crippen LogP contribution < -0.4 is 10.6 Å². The van der Waals surface area contributed by atoms with Crippen molar-refractivity contribution in [3.05, 3.63) is 35.4 Å². The summed E-state index contributed by atoms with van der Waals surface area (Å²) < 4.78 is 31.6. The van der Waals surface area contributed by atoms with Crippen molar-refractivity contribution in [2.75, 3.05) is 20.2 Å². The third kappa shape index (κ3) is 3.88. The molecule has 1 amide bonds. The molecule has 1 heterocycles. The van der Waals surface area contributed by atoms with Gasteiger partial charge < -0.3 is 15.4 Å². The Hall–Kier alpha value is -1.24. The van der Waals surface area contributed by atoms with Gasteiger partial charge in [-0.05, 0) is 31.2 Å². The van der Waals surface area contributed by atoms with Gasteiger partial charge >= 0.3 is 0 Å². The third-order valence-corrected chi connectivity index (χ3v) is 3.05. The van der Waals surface area contributed by atoms with Gasteiger partial charge in [-0.25, -0.2) is 8.78 Å². The minimum atomic E-state index is -0.909. The molecule has 0 radical (unpaired) electrons. The lowest BCUT2D eigenvalue weighted by atomic mass is 10.0. The Morgan fingerprint density at radius 3 is 2.80 bits per heavy atom. The average molecular weight is 307 g/mol. The molecule has 2 N–H and O–H groups in total. The van der Waals surface area contributed by atoms with Gasteiger partial charge in [0.25, 0.3) is 0 Å². The number of carbonyl (C=O) groups excluding carboxylic acids is 1. The molecule has 20 heavy (non-hydrogen) atoms. The van der Waals surface area contributed by atoms with Gasteiger partial charge in [0.15, 0.2) is 11.6 Å². The molecule has 2 unspecified atom stereocenters. The summed E-state index contributed by atoms with van der Waals surface area (Å²) in [7, 11) is 1.68. The molecule has 1 aliphatic heterocycles. The first-order valence-electron chi connectivity index (χ1n) is 6.12. The summed E-state index contributed by atoms with van der Waals surface area (Å²) in [6.07, 6.45) is 0.218. The molecule has 0 aromatic heterocycles. The summed E-state index contributed by atoms with van der Waals surface area (Å²) in [5.41, 5.74) is 0.533. The zero-order chi connectivity index (χ0) is 13.8. The lowest BCUT2D eigenvalue weighted by molar-refractivity contribution is -0.121. The van der Waals surface area contributed by atoms with E-state index in [1.165, 1.54) is 6.07 Å². The van der Waals surface area contributed by atoms with E-state index in [-0.39, 0.29) is 30.9 Å². The van der Waals surface area contributed by atoms with E-state index in [1.54, 1.807) is 7.05 Å². The maximum absolute atomic E-state index is 13.2. The number of nitrogens with one attached hydrogen (secondary N) is 2. The smallest absolute Gasteiger partial charge is 0.234 e. The Bertz CT molecular complexity index is 474. The predicted molar refractivity (Wildman–Crippen MR) is 72.8 cm³/mol. The van der Waals surface area contributed by atoms with Gasteiger partial charge in [0.05, 0.1) is 12.6 Å². The molecule has 2 atom stereocenters. The molecule has 0 saturated carbocycles. The van der Waals surface area contributed by atoms with Gasteiger partial charge in [-0.2, -0.15) is 0 Å². The first kappa shape index (κ1) is 16.8. The lowest BCUT2D eigenvalue weighted by Gasteiger charge is -2.20. The molecular weight excluding hydrogens is 290 g/mol. The van der Waals surface area contributed by atoms with Gasteiger partial charge in [0.2, 0.25) is 5.91 Å². The summed E-state index contributed by atoms with van der Waals surface area (Å²) >= 11 is 0. The Morgan fingerprint density at radius 1 is 1.40 bits per heavy atom. The number of benzene rings is 1. The summed E-state index contributed by atoms with van der Waals surface area (Å²) in [6.45, 7) is 0.690. The minimum absolute atomic E-state index is 0. The summed E-state index contributed by atoms with van der Waals surface area (Å²) in [4.78, 5) is 11.5. The summed E-state index contributed by atoms with van der Waals surface area (Å²) in [5, 5.41) is 5.57. The van der Waals surface area contributed by atoms with Crippen LogP contribution in [0.3, 0.4) is 0 Å². The van der Waals surface area contributed by atoms with Crippen LogP contribution in [0.15, 0.2) is 18.2 Å². The van der Waals surface area contributed by atoms with E-state index in [0.717, 1.165) is 12.1 Å². The van der Waals surface area contributed by atoms with Gasteiger partial charge in [-0.15, -0.1) is 12.4 Å².